The summed E-state index contributed by atoms with van der Waals surface area (Å²) in [6, 6.07) is 6.45. The second kappa shape index (κ2) is 6.49. The molecule has 0 spiro atoms. The fraction of sp³-hybridized carbons (Fsp3) is 0.500. The maximum atomic E-state index is 5.39. The number of methoxy groups -OCH3 is 1. The summed E-state index contributed by atoms with van der Waals surface area (Å²) < 4.78 is 5.39. The first-order valence-corrected chi connectivity index (χ1v) is 8.98. The van der Waals surface area contributed by atoms with Gasteiger partial charge in [-0.25, -0.2) is 4.98 Å². The minimum absolute atomic E-state index is 0.114. The molecule has 0 amide bonds. The van der Waals surface area contributed by atoms with Crippen LogP contribution in [0.1, 0.15) is 37.6 Å². The van der Waals surface area contributed by atoms with Gasteiger partial charge in [0.25, 0.3) is 0 Å². The van der Waals surface area contributed by atoms with E-state index < -0.39 is 0 Å². The summed E-state index contributed by atoms with van der Waals surface area (Å²) in [5, 5.41) is 6.46. The maximum Gasteiger partial charge on any atom is 0.182 e. The molecule has 23 heavy (non-hydrogen) atoms. The van der Waals surface area contributed by atoms with E-state index in [1.807, 2.05) is 0 Å². The van der Waals surface area contributed by atoms with Gasteiger partial charge in [-0.2, -0.15) is 0 Å². The predicted octanol–water partition coefficient (Wildman–Crippen LogP) is 3.88. The Kier molecular flexibility index (Phi) is 4.60. The van der Waals surface area contributed by atoms with Gasteiger partial charge < -0.3 is 10.1 Å². The van der Waals surface area contributed by atoms with Gasteiger partial charge in [-0.3, -0.25) is 4.90 Å². The monoisotopic (exact) mass is 331 g/mol. The van der Waals surface area contributed by atoms with E-state index in [9.17, 15) is 0 Å². The number of hydrogen-bond acceptors (Lipinski definition) is 5. The quantitative estimate of drug-likeness (QED) is 0.902. The fourth-order valence-electron chi connectivity index (χ4n) is 3.34. The molecule has 0 unspecified atom stereocenters. The Morgan fingerprint density at radius 3 is 2.96 bits per heavy atom. The molecule has 0 radical (unpaired) electrons. The molecule has 0 aliphatic carbocycles. The van der Waals surface area contributed by atoms with Crippen molar-refractivity contribution in [3.63, 3.8) is 0 Å². The predicted molar refractivity (Wildman–Crippen MR) is 96.4 cm³/mol. The molecule has 1 aliphatic heterocycles. The van der Waals surface area contributed by atoms with E-state index in [1.54, 1.807) is 18.4 Å². The Morgan fingerprint density at radius 2 is 2.22 bits per heavy atom. The third-order valence-electron chi connectivity index (χ3n) is 4.32. The molecule has 1 N–H and O–H groups in total. The van der Waals surface area contributed by atoms with E-state index in [-0.39, 0.29) is 5.41 Å². The highest BCUT2D eigenvalue weighted by Crippen LogP contribution is 2.36. The van der Waals surface area contributed by atoms with Crippen LogP contribution in [-0.4, -0.2) is 30.1 Å². The Labute approximate surface area is 142 Å². The number of benzene rings is 1. The molecule has 0 saturated heterocycles. The molecule has 0 bridgehead atoms. The molecule has 0 atom stereocenters. The average Bonchev–Trinajstić information content (AvgIpc) is 2.94. The number of rotatable bonds is 5. The van der Waals surface area contributed by atoms with Gasteiger partial charge in [0, 0.05) is 37.0 Å². The lowest BCUT2D eigenvalue weighted by molar-refractivity contribution is 0.184. The minimum Gasteiger partial charge on any atom is -0.497 e. The fourth-order valence-corrected chi connectivity index (χ4v) is 4.12. The van der Waals surface area contributed by atoms with Crippen LogP contribution in [0.4, 0.5) is 5.13 Å². The van der Waals surface area contributed by atoms with Crippen LogP contribution in [0.2, 0.25) is 0 Å². The standard InChI is InChI=1S/C18H25N3OS/c1-5-19-17-20-14(11-23-17)10-21-9-13-6-7-15(22-4)8-16(13)18(2,3)12-21/h6-8,11H,5,9-10,12H2,1-4H3,(H,19,20). The lowest BCUT2D eigenvalue weighted by Gasteiger charge is -2.39. The van der Waals surface area contributed by atoms with Gasteiger partial charge in [0.1, 0.15) is 5.75 Å². The van der Waals surface area contributed by atoms with Crippen LogP contribution in [0, 0.1) is 0 Å². The zero-order valence-electron chi connectivity index (χ0n) is 14.3. The molecule has 2 heterocycles. The lowest BCUT2D eigenvalue weighted by atomic mass is 9.78. The lowest BCUT2D eigenvalue weighted by Crippen LogP contribution is -2.41. The van der Waals surface area contributed by atoms with Crippen molar-refractivity contribution in [3.8, 4) is 5.75 Å². The zero-order chi connectivity index (χ0) is 16.4. The smallest absolute Gasteiger partial charge is 0.182 e. The third kappa shape index (κ3) is 3.51. The normalized spacial score (nSPS) is 16.9. The Bertz CT molecular complexity index is 681. The van der Waals surface area contributed by atoms with Crippen LogP contribution in [0.3, 0.4) is 0 Å². The van der Waals surface area contributed by atoms with E-state index in [0.29, 0.717) is 0 Å². The average molecular weight is 331 g/mol. The molecule has 4 nitrogen and oxygen atoms in total. The number of nitrogens with zero attached hydrogens (tertiary/aromatic N) is 2. The van der Waals surface area contributed by atoms with E-state index >= 15 is 0 Å². The van der Waals surface area contributed by atoms with Crippen molar-refractivity contribution in [1.82, 2.24) is 9.88 Å². The summed E-state index contributed by atoms with van der Waals surface area (Å²) >= 11 is 1.69. The highest BCUT2D eigenvalue weighted by atomic mass is 32.1. The SMILES string of the molecule is CCNc1nc(CN2Cc3ccc(OC)cc3C(C)(C)C2)cs1. The number of fused-ring (bicyclic) bond motifs is 1. The molecule has 0 fully saturated rings. The van der Waals surface area contributed by atoms with Gasteiger partial charge in [-0.15, -0.1) is 11.3 Å². The largest absolute Gasteiger partial charge is 0.497 e. The van der Waals surface area contributed by atoms with Crippen molar-refractivity contribution in [3.05, 3.63) is 40.4 Å². The van der Waals surface area contributed by atoms with Gasteiger partial charge in [0.05, 0.1) is 12.8 Å². The van der Waals surface area contributed by atoms with E-state index in [0.717, 1.165) is 42.8 Å². The molecule has 1 aromatic heterocycles. The van der Waals surface area contributed by atoms with Crippen molar-refractivity contribution in [1.29, 1.82) is 0 Å². The van der Waals surface area contributed by atoms with Crippen molar-refractivity contribution >= 4 is 16.5 Å². The molecule has 124 valence electrons. The maximum absolute atomic E-state index is 5.39. The van der Waals surface area contributed by atoms with Crippen molar-refractivity contribution in [2.45, 2.75) is 39.3 Å². The van der Waals surface area contributed by atoms with Gasteiger partial charge in [0.15, 0.2) is 5.13 Å². The molecule has 1 aliphatic rings. The first-order valence-electron chi connectivity index (χ1n) is 8.10. The Balaban J connectivity index is 1.78. The first-order chi connectivity index (χ1) is 11.0. The zero-order valence-corrected chi connectivity index (χ0v) is 15.2. The second-order valence-electron chi connectivity index (χ2n) is 6.73. The minimum atomic E-state index is 0.114. The number of anilines is 1. The van der Waals surface area contributed by atoms with Crippen LogP contribution < -0.4 is 10.1 Å². The summed E-state index contributed by atoms with van der Waals surface area (Å²) in [5.74, 6) is 0.944. The van der Waals surface area contributed by atoms with Crippen LogP contribution >= 0.6 is 11.3 Å². The summed E-state index contributed by atoms with van der Waals surface area (Å²) in [7, 11) is 1.73. The molecular weight excluding hydrogens is 306 g/mol. The number of nitrogens with one attached hydrogen (secondary N) is 1. The molecule has 0 saturated carbocycles. The number of ether oxygens (including phenoxy) is 1. The Morgan fingerprint density at radius 1 is 1.39 bits per heavy atom. The number of hydrogen-bond donors (Lipinski definition) is 1. The Hall–Kier alpha value is -1.59. The first kappa shape index (κ1) is 16.3. The van der Waals surface area contributed by atoms with Crippen LogP contribution in [0.5, 0.6) is 5.75 Å². The summed E-state index contributed by atoms with van der Waals surface area (Å²) in [5.41, 5.74) is 4.06. The molecule has 2 aromatic rings. The van der Waals surface area contributed by atoms with E-state index in [4.69, 9.17) is 4.74 Å². The van der Waals surface area contributed by atoms with E-state index in [1.165, 1.54) is 11.1 Å². The highest BCUT2D eigenvalue weighted by Gasteiger charge is 2.32. The third-order valence-corrected chi connectivity index (χ3v) is 5.17. The van der Waals surface area contributed by atoms with Crippen molar-refractivity contribution < 1.29 is 4.74 Å². The molecule has 5 heteroatoms. The highest BCUT2D eigenvalue weighted by molar-refractivity contribution is 7.13. The van der Waals surface area contributed by atoms with Gasteiger partial charge >= 0.3 is 0 Å². The number of aromatic nitrogens is 1. The van der Waals surface area contributed by atoms with Crippen LogP contribution in [0.25, 0.3) is 0 Å². The summed E-state index contributed by atoms with van der Waals surface area (Å²) in [4.78, 5) is 7.16. The molecule has 3 rings (SSSR count). The summed E-state index contributed by atoms with van der Waals surface area (Å²) in [6.07, 6.45) is 0. The number of thiazole rings is 1. The van der Waals surface area contributed by atoms with Crippen LogP contribution in [0.15, 0.2) is 23.6 Å². The van der Waals surface area contributed by atoms with Gasteiger partial charge in [-0.1, -0.05) is 19.9 Å². The van der Waals surface area contributed by atoms with Crippen molar-refractivity contribution in [2.24, 2.45) is 0 Å². The van der Waals surface area contributed by atoms with Crippen molar-refractivity contribution in [2.75, 3.05) is 25.5 Å². The van der Waals surface area contributed by atoms with Crippen LogP contribution in [-0.2, 0) is 18.5 Å². The van der Waals surface area contributed by atoms with Gasteiger partial charge in [-0.05, 0) is 30.2 Å². The topological polar surface area (TPSA) is 37.4 Å². The molecular formula is C18H25N3OS. The summed E-state index contributed by atoms with van der Waals surface area (Å²) in [6.45, 7) is 10.5. The molecule has 1 aromatic carbocycles. The van der Waals surface area contributed by atoms with E-state index in [2.05, 4.69) is 59.6 Å². The van der Waals surface area contributed by atoms with Gasteiger partial charge in [0.2, 0.25) is 0 Å². The second-order valence-corrected chi connectivity index (χ2v) is 7.58.